The Morgan fingerprint density at radius 1 is 1.50 bits per heavy atom. The lowest BCUT2D eigenvalue weighted by Crippen LogP contribution is -2.08. The summed E-state index contributed by atoms with van der Waals surface area (Å²) in [6, 6.07) is 3.61. The number of hydrogen-bond donors (Lipinski definition) is 0. The van der Waals surface area contributed by atoms with Crippen molar-refractivity contribution >= 4 is 11.3 Å². The number of carbonyl (C=O) groups is 1. The summed E-state index contributed by atoms with van der Waals surface area (Å²) in [6.07, 6.45) is 3.38. The lowest BCUT2D eigenvalue weighted by molar-refractivity contribution is 0.0940. The molecule has 14 heavy (non-hydrogen) atoms. The molecule has 0 aliphatic carbocycles. The Morgan fingerprint density at radius 3 is 3.00 bits per heavy atom. The zero-order valence-electron chi connectivity index (χ0n) is 8.14. The second-order valence-electron chi connectivity index (χ2n) is 3.50. The van der Waals surface area contributed by atoms with Crippen LogP contribution in [-0.4, -0.2) is 20.6 Å². The van der Waals surface area contributed by atoms with Crippen molar-refractivity contribution < 1.29 is 4.79 Å². The van der Waals surface area contributed by atoms with E-state index in [0.717, 1.165) is 5.52 Å². The first kappa shape index (κ1) is 8.87. The monoisotopic (exact) mass is 189 g/mol. The Balaban J connectivity index is 2.62. The van der Waals surface area contributed by atoms with Crippen LogP contribution in [-0.2, 0) is 0 Å². The van der Waals surface area contributed by atoms with Crippen LogP contribution in [0.15, 0.2) is 24.5 Å². The molecule has 2 rings (SSSR count). The molecule has 0 unspecified atom stereocenters. The van der Waals surface area contributed by atoms with E-state index in [1.54, 1.807) is 29.0 Å². The largest absolute Gasteiger partial charge is 0.294 e. The standard InChI is InChI=1S/C10H11N3O/c1-7(2)10(14)8-4-3-5-13-9(8)6-11-12-13/h3-7H,1-2H3. The van der Waals surface area contributed by atoms with Gasteiger partial charge in [0.25, 0.3) is 0 Å². The first-order valence-corrected chi connectivity index (χ1v) is 4.53. The molecule has 4 nitrogen and oxygen atoms in total. The first-order chi connectivity index (χ1) is 6.70. The minimum Gasteiger partial charge on any atom is -0.294 e. The predicted molar refractivity (Wildman–Crippen MR) is 52.2 cm³/mol. The fraction of sp³-hybridized carbons (Fsp3) is 0.300. The normalized spacial score (nSPS) is 11.1. The van der Waals surface area contributed by atoms with Gasteiger partial charge in [-0.2, -0.15) is 0 Å². The van der Waals surface area contributed by atoms with Crippen LogP contribution in [0.3, 0.4) is 0 Å². The third kappa shape index (κ3) is 1.28. The van der Waals surface area contributed by atoms with Crippen molar-refractivity contribution in [2.75, 3.05) is 0 Å². The number of aromatic nitrogens is 3. The van der Waals surface area contributed by atoms with Crippen molar-refractivity contribution in [1.29, 1.82) is 0 Å². The first-order valence-electron chi connectivity index (χ1n) is 4.53. The Morgan fingerprint density at radius 2 is 2.29 bits per heavy atom. The molecule has 72 valence electrons. The molecule has 0 bridgehead atoms. The minimum absolute atomic E-state index is 0.00361. The van der Waals surface area contributed by atoms with Gasteiger partial charge >= 0.3 is 0 Å². The second-order valence-corrected chi connectivity index (χ2v) is 3.50. The fourth-order valence-corrected chi connectivity index (χ4v) is 1.37. The summed E-state index contributed by atoms with van der Waals surface area (Å²) in [5.74, 6) is 0.119. The van der Waals surface area contributed by atoms with Crippen molar-refractivity contribution in [2.45, 2.75) is 13.8 Å². The van der Waals surface area contributed by atoms with Gasteiger partial charge < -0.3 is 0 Å². The lowest BCUT2D eigenvalue weighted by atomic mass is 10.0. The Bertz CT molecular complexity index is 473. The zero-order chi connectivity index (χ0) is 10.1. The molecule has 0 fully saturated rings. The van der Waals surface area contributed by atoms with Crippen molar-refractivity contribution in [3.63, 3.8) is 0 Å². The van der Waals surface area contributed by atoms with E-state index in [2.05, 4.69) is 10.3 Å². The highest BCUT2D eigenvalue weighted by molar-refractivity contribution is 6.03. The number of fused-ring (bicyclic) bond motifs is 1. The smallest absolute Gasteiger partial charge is 0.167 e. The SMILES string of the molecule is CC(C)C(=O)c1cccn2nncc12. The van der Waals surface area contributed by atoms with Crippen LogP contribution >= 0.6 is 0 Å². The third-order valence-corrected chi connectivity index (χ3v) is 2.13. The van der Waals surface area contributed by atoms with E-state index in [9.17, 15) is 4.79 Å². The molecule has 0 amide bonds. The highest BCUT2D eigenvalue weighted by atomic mass is 16.1. The molecule has 0 atom stereocenters. The van der Waals surface area contributed by atoms with Gasteiger partial charge in [-0.25, -0.2) is 4.52 Å². The van der Waals surface area contributed by atoms with Gasteiger partial charge in [-0.05, 0) is 12.1 Å². The van der Waals surface area contributed by atoms with Crippen LogP contribution in [0.1, 0.15) is 24.2 Å². The van der Waals surface area contributed by atoms with Gasteiger partial charge in [-0.15, -0.1) is 5.10 Å². The van der Waals surface area contributed by atoms with Crippen molar-refractivity contribution in [2.24, 2.45) is 5.92 Å². The summed E-state index contributed by atoms with van der Waals surface area (Å²) >= 11 is 0. The number of hydrogen-bond acceptors (Lipinski definition) is 3. The molecule has 2 heterocycles. The summed E-state index contributed by atoms with van der Waals surface area (Å²) in [5, 5.41) is 7.60. The molecule has 0 aliphatic heterocycles. The topological polar surface area (TPSA) is 47.3 Å². The number of Topliss-reactive ketones (excluding diaryl/α,β-unsaturated/α-hetero) is 1. The van der Waals surface area contributed by atoms with Gasteiger partial charge in [-0.1, -0.05) is 19.1 Å². The minimum atomic E-state index is -0.00361. The van der Waals surface area contributed by atoms with Crippen molar-refractivity contribution in [3.05, 3.63) is 30.1 Å². The molecule has 0 aromatic carbocycles. The average molecular weight is 189 g/mol. The van der Waals surface area contributed by atoms with E-state index in [-0.39, 0.29) is 11.7 Å². The summed E-state index contributed by atoms with van der Waals surface area (Å²) in [4.78, 5) is 11.8. The van der Waals surface area contributed by atoms with Gasteiger partial charge in [0.1, 0.15) is 0 Å². The maximum atomic E-state index is 11.8. The molecule has 0 saturated heterocycles. The molecule has 0 saturated carbocycles. The van der Waals surface area contributed by atoms with Gasteiger partial charge in [0.15, 0.2) is 5.78 Å². The van der Waals surface area contributed by atoms with E-state index in [0.29, 0.717) is 5.56 Å². The van der Waals surface area contributed by atoms with E-state index in [1.807, 2.05) is 13.8 Å². The summed E-state index contributed by atoms with van der Waals surface area (Å²) in [6.45, 7) is 3.77. The van der Waals surface area contributed by atoms with E-state index in [1.165, 1.54) is 0 Å². The van der Waals surface area contributed by atoms with Crippen LogP contribution in [0.4, 0.5) is 0 Å². The number of carbonyl (C=O) groups excluding carboxylic acids is 1. The molecule has 4 heteroatoms. The lowest BCUT2D eigenvalue weighted by Gasteiger charge is -2.04. The number of pyridine rings is 1. The molecule has 0 aliphatic rings. The fourth-order valence-electron chi connectivity index (χ4n) is 1.37. The Labute approximate surface area is 81.5 Å². The van der Waals surface area contributed by atoms with Crippen molar-refractivity contribution in [3.8, 4) is 0 Å². The summed E-state index contributed by atoms with van der Waals surface area (Å²) in [5.41, 5.74) is 1.46. The predicted octanol–water partition coefficient (Wildman–Crippen LogP) is 1.57. The summed E-state index contributed by atoms with van der Waals surface area (Å²) in [7, 11) is 0. The second kappa shape index (κ2) is 3.21. The van der Waals surface area contributed by atoms with Crippen molar-refractivity contribution in [1.82, 2.24) is 14.8 Å². The van der Waals surface area contributed by atoms with Crippen LogP contribution < -0.4 is 0 Å². The van der Waals surface area contributed by atoms with E-state index >= 15 is 0 Å². The maximum absolute atomic E-state index is 11.8. The molecule has 0 radical (unpaired) electrons. The maximum Gasteiger partial charge on any atom is 0.167 e. The van der Waals surface area contributed by atoms with Crippen LogP contribution in [0.2, 0.25) is 0 Å². The molecular formula is C10H11N3O. The van der Waals surface area contributed by atoms with Gasteiger partial charge in [-0.3, -0.25) is 4.79 Å². The quantitative estimate of drug-likeness (QED) is 0.673. The van der Waals surface area contributed by atoms with Gasteiger partial charge in [0, 0.05) is 17.7 Å². The number of nitrogens with zero attached hydrogens (tertiary/aromatic N) is 3. The molecular weight excluding hydrogens is 178 g/mol. The number of rotatable bonds is 2. The zero-order valence-corrected chi connectivity index (χ0v) is 8.14. The third-order valence-electron chi connectivity index (χ3n) is 2.13. The number of ketones is 1. The Kier molecular flexibility index (Phi) is 2.04. The van der Waals surface area contributed by atoms with E-state index < -0.39 is 0 Å². The molecule has 2 aromatic heterocycles. The summed E-state index contributed by atoms with van der Waals surface area (Å²) < 4.78 is 1.61. The highest BCUT2D eigenvalue weighted by Crippen LogP contribution is 2.13. The Hall–Kier alpha value is -1.71. The molecule has 0 N–H and O–H groups in total. The molecule has 0 spiro atoms. The molecule has 2 aromatic rings. The van der Waals surface area contributed by atoms with Gasteiger partial charge in [0.2, 0.25) is 0 Å². The van der Waals surface area contributed by atoms with Crippen LogP contribution in [0.5, 0.6) is 0 Å². The highest BCUT2D eigenvalue weighted by Gasteiger charge is 2.14. The average Bonchev–Trinajstić information content (AvgIpc) is 2.63. The van der Waals surface area contributed by atoms with Crippen LogP contribution in [0.25, 0.3) is 5.52 Å². The van der Waals surface area contributed by atoms with Crippen LogP contribution in [0, 0.1) is 5.92 Å². The van der Waals surface area contributed by atoms with E-state index in [4.69, 9.17) is 0 Å². The van der Waals surface area contributed by atoms with Gasteiger partial charge in [0.05, 0.1) is 11.7 Å².